The Morgan fingerprint density at radius 1 is 1.23 bits per heavy atom. The Bertz CT molecular complexity index is 149. The van der Waals surface area contributed by atoms with Crippen molar-refractivity contribution in [3.8, 4) is 0 Å². The zero-order chi connectivity index (χ0) is 10.3. The Balaban J connectivity index is 3.22. The Hall–Kier alpha value is -0.180. The number of hydrogen-bond donors (Lipinski definition) is 1. The first-order valence-electron chi connectivity index (χ1n) is 4.80. The van der Waals surface area contributed by atoms with Gasteiger partial charge in [-0.3, -0.25) is 4.79 Å². The molecule has 13 heavy (non-hydrogen) atoms. The van der Waals surface area contributed by atoms with Gasteiger partial charge in [0.1, 0.15) is 0 Å². The summed E-state index contributed by atoms with van der Waals surface area (Å²) >= 11 is 3.44. The Morgan fingerprint density at radius 2 is 1.85 bits per heavy atom. The smallest absolute Gasteiger partial charge is 0.317 e. The minimum atomic E-state index is -0.223. The third-order valence-electron chi connectivity index (χ3n) is 1.91. The molecule has 0 unspecified atom stereocenters. The molecule has 0 spiro atoms. The number of carbonyl (C=O) groups excluding carboxylic acids is 1. The van der Waals surface area contributed by atoms with Crippen LogP contribution in [0.5, 0.6) is 0 Å². The highest BCUT2D eigenvalue weighted by molar-refractivity contribution is 7.75. The molecule has 0 amide bonds. The fourth-order valence-electron chi connectivity index (χ4n) is 1.15. The molecule has 0 aromatic rings. The first kappa shape index (κ1) is 12.8. The van der Waals surface area contributed by atoms with Crippen molar-refractivity contribution in [2.24, 2.45) is 5.41 Å². The molecule has 0 aliphatic carbocycles. The quantitative estimate of drug-likeness (QED) is 0.422. The fourth-order valence-corrected chi connectivity index (χ4v) is 1.24. The van der Waals surface area contributed by atoms with Crippen molar-refractivity contribution in [1.82, 2.24) is 0 Å². The van der Waals surface area contributed by atoms with Crippen molar-refractivity contribution in [3.63, 3.8) is 0 Å². The predicted molar refractivity (Wildman–Crippen MR) is 57.6 cm³/mol. The van der Waals surface area contributed by atoms with Crippen molar-refractivity contribution >= 4 is 18.9 Å². The minimum Gasteiger partial charge on any atom is -0.395 e. The maximum Gasteiger partial charge on any atom is 0.317 e. The molecule has 0 fully saturated rings. The van der Waals surface area contributed by atoms with E-state index in [2.05, 4.69) is 37.9 Å². The van der Waals surface area contributed by atoms with E-state index in [0.29, 0.717) is 11.8 Å². The lowest BCUT2D eigenvalue weighted by Crippen LogP contribution is -2.04. The number of unbranched alkanes of at least 4 members (excludes halogenated alkanes) is 2. The number of thiol groups is 1. The SMILES string of the molecule is CC(C)(C)CCCCCC(=O)OS. The first-order valence-corrected chi connectivity index (χ1v) is 5.16. The van der Waals surface area contributed by atoms with E-state index in [9.17, 15) is 4.79 Å². The molecule has 0 rings (SSSR count). The zero-order valence-electron chi connectivity index (χ0n) is 8.80. The molecule has 0 bridgehead atoms. The summed E-state index contributed by atoms with van der Waals surface area (Å²) in [5.41, 5.74) is 0.407. The summed E-state index contributed by atoms with van der Waals surface area (Å²) < 4.78 is 4.25. The molecule has 0 atom stereocenters. The Kier molecular flexibility index (Phi) is 6.21. The van der Waals surface area contributed by atoms with E-state index < -0.39 is 0 Å². The van der Waals surface area contributed by atoms with Crippen LogP contribution < -0.4 is 0 Å². The average Bonchev–Trinajstić information content (AvgIpc) is 2.01. The maximum absolute atomic E-state index is 10.7. The molecule has 0 N–H and O–H groups in total. The van der Waals surface area contributed by atoms with E-state index >= 15 is 0 Å². The van der Waals surface area contributed by atoms with E-state index in [1.807, 2.05) is 0 Å². The van der Waals surface area contributed by atoms with Crippen molar-refractivity contribution in [2.75, 3.05) is 0 Å². The van der Waals surface area contributed by atoms with Gasteiger partial charge in [-0.25, -0.2) is 0 Å². The molecular formula is C10H20O2S. The van der Waals surface area contributed by atoms with E-state index in [4.69, 9.17) is 0 Å². The van der Waals surface area contributed by atoms with Gasteiger partial charge in [-0.05, 0) is 18.3 Å². The molecule has 2 nitrogen and oxygen atoms in total. The molecule has 3 heteroatoms. The molecule has 0 saturated heterocycles. The molecule has 78 valence electrons. The van der Waals surface area contributed by atoms with Crippen molar-refractivity contribution < 1.29 is 8.98 Å². The van der Waals surface area contributed by atoms with Crippen LogP contribution in [0.2, 0.25) is 0 Å². The third-order valence-corrected chi connectivity index (χ3v) is 2.11. The van der Waals surface area contributed by atoms with Gasteiger partial charge in [-0.1, -0.05) is 33.6 Å². The van der Waals surface area contributed by atoms with E-state index in [0.717, 1.165) is 12.8 Å². The van der Waals surface area contributed by atoms with Gasteiger partial charge >= 0.3 is 5.97 Å². The first-order chi connectivity index (χ1) is 5.95. The molecule has 0 radical (unpaired) electrons. The second-order valence-corrected chi connectivity index (χ2v) is 4.77. The monoisotopic (exact) mass is 204 g/mol. The van der Waals surface area contributed by atoms with E-state index in [1.165, 1.54) is 12.8 Å². The van der Waals surface area contributed by atoms with Gasteiger partial charge in [0.2, 0.25) is 0 Å². The van der Waals surface area contributed by atoms with Gasteiger partial charge in [0, 0.05) is 19.3 Å². The summed E-state index contributed by atoms with van der Waals surface area (Å²) in [5.74, 6) is -0.223. The van der Waals surface area contributed by atoms with Gasteiger partial charge in [0.15, 0.2) is 0 Å². The van der Waals surface area contributed by atoms with Crippen LogP contribution in [0.25, 0.3) is 0 Å². The summed E-state index contributed by atoms with van der Waals surface area (Å²) in [6.45, 7) is 6.69. The molecule has 0 saturated carbocycles. The lowest BCUT2D eigenvalue weighted by molar-refractivity contribution is -0.132. The Labute approximate surface area is 86.7 Å². The molecule has 0 aliphatic rings. The van der Waals surface area contributed by atoms with Crippen LogP contribution in [0.4, 0.5) is 0 Å². The van der Waals surface area contributed by atoms with Gasteiger partial charge in [-0.15, -0.1) is 0 Å². The van der Waals surface area contributed by atoms with Crippen LogP contribution in [-0.2, 0) is 8.98 Å². The highest BCUT2D eigenvalue weighted by Gasteiger charge is 2.09. The highest BCUT2D eigenvalue weighted by atomic mass is 32.1. The van der Waals surface area contributed by atoms with Crippen molar-refractivity contribution in [2.45, 2.75) is 52.9 Å². The zero-order valence-corrected chi connectivity index (χ0v) is 9.69. The third kappa shape index (κ3) is 9.74. The number of carbonyl (C=O) groups is 1. The van der Waals surface area contributed by atoms with E-state index in [-0.39, 0.29) is 5.97 Å². The molecule has 0 heterocycles. The minimum absolute atomic E-state index is 0.223. The standard InChI is InChI=1S/C10H20O2S/c1-10(2,3)8-6-4-5-7-9(11)12-13/h13H,4-8H2,1-3H3. The summed E-state index contributed by atoms with van der Waals surface area (Å²) in [5, 5.41) is 0. The summed E-state index contributed by atoms with van der Waals surface area (Å²) in [6, 6.07) is 0. The molecule has 0 aliphatic heterocycles. The highest BCUT2D eigenvalue weighted by Crippen LogP contribution is 2.22. The summed E-state index contributed by atoms with van der Waals surface area (Å²) in [6.07, 6.45) is 4.90. The lowest BCUT2D eigenvalue weighted by Gasteiger charge is -2.17. The van der Waals surface area contributed by atoms with Crippen LogP contribution in [0.3, 0.4) is 0 Å². The van der Waals surface area contributed by atoms with Crippen LogP contribution >= 0.6 is 12.9 Å². The van der Waals surface area contributed by atoms with Gasteiger partial charge in [0.05, 0.1) is 0 Å². The van der Waals surface area contributed by atoms with Gasteiger partial charge < -0.3 is 4.18 Å². The van der Waals surface area contributed by atoms with E-state index in [1.54, 1.807) is 0 Å². The number of rotatable bonds is 5. The van der Waals surface area contributed by atoms with Crippen LogP contribution in [0, 0.1) is 5.41 Å². The van der Waals surface area contributed by atoms with Crippen LogP contribution in [-0.4, -0.2) is 5.97 Å². The lowest BCUT2D eigenvalue weighted by atomic mass is 9.89. The molecule has 0 aromatic heterocycles. The fraction of sp³-hybridized carbons (Fsp3) is 0.900. The summed E-state index contributed by atoms with van der Waals surface area (Å²) in [4.78, 5) is 10.7. The van der Waals surface area contributed by atoms with Gasteiger partial charge in [0.25, 0.3) is 0 Å². The topological polar surface area (TPSA) is 26.3 Å². The predicted octanol–water partition coefficient (Wildman–Crippen LogP) is 3.37. The number of hydrogen-bond acceptors (Lipinski definition) is 3. The molecular weight excluding hydrogens is 184 g/mol. The van der Waals surface area contributed by atoms with Crippen LogP contribution in [0.1, 0.15) is 52.9 Å². The van der Waals surface area contributed by atoms with Crippen molar-refractivity contribution in [1.29, 1.82) is 0 Å². The molecule has 0 aromatic carbocycles. The normalized spacial score (nSPS) is 11.4. The maximum atomic E-state index is 10.7. The van der Waals surface area contributed by atoms with Crippen LogP contribution in [0.15, 0.2) is 0 Å². The average molecular weight is 204 g/mol. The summed E-state index contributed by atoms with van der Waals surface area (Å²) in [7, 11) is 0. The van der Waals surface area contributed by atoms with Gasteiger partial charge in [-0.2, -0.15) is 0 Å². The Morgan fingerprint density at radius 3 is 2.31 bits per heavy atom. The van der Waals surface area contributed by atoms with Crippen molar-refractivity contribution in [3.05, 3.63) is 0 Å². The second kappa shape index (κ2) is 6.30. The largest absolute Gasteiger partial charge is 0.395 e. The second-order valence-electron chi connectivity index (χ2n) is 4.58.